The molecule has 0 unspecified atom stereocenters. The van der Waals surface area contributed by atoms with E-state index >= 15 is 0 Å². The minimum Gasteiger partial charge on any atom is -0.339 e. The predicted molar refractivity (Wildman–Crippen MR) is 111 cm³/mol. The van der Waals surface area contributed by atoms with Crippen LogP contribution in [-0.2, 0) is 4.79 Å². The minimum atomic E-state index is -0.000851. The van der Waals surface area contributed by atoms with Gasteiger partial charge in [0.25, 0.3) is 0 Å². The number of rotatable bonds is 2. The Balaban J connectivity index is 1.64. The van der Waals surface area contributed by atoms with Gasteiger partial charge in [0.1, 0.15) is 5.82 Å². The lowest BCUT2D eigenvalue weighted by molar-refractivity contribution is -0.133. The number of halogens is 1. The Bertz CT molecular complexity index is 1050. The van der Waals surface area contributed by atoms with E-state index in [2.05, 4.69) is 35.9 Å². The van der Waals surface area contributed by atoms with Crippen LogP contribution in [0.1, 0.15) is 33.0 Å². The summed E-state index contributed by atoms with van der Waals surface area (Å²) in [4.78, 5) is 21.6. The topological polar surface area (TPSA) is 66.6 Å². The van der Waals surface area contributed by atoms with Crippen molar-refractivity contribution in [3.05, 3.63) is 29.0 Å². The molecule has 1 fully saturated rings. The normalized spacial score (nSPS) is 15.6. The van der Waals surface area contributed by atoms with Crippen LogP contribution in [0, 0.1) is 12.3 Å². The van der Waals surface area contributed by atoms with Gasteiger partial charge < -0.3 is 9.80 Å². The van der Waals surface area contributed by atoms with Crippen molar-refractivity contribution in [3.8, 4) is 0 Å². The molecular weight excluding hydrogens is 376 g/mol. The second-order valence-electron chi connectivity index (χ2n) is 8.58. The maximum Gasteiger partial charge on any atom is 0.223 e. The maximum atomic E-state index is 12.5. The van der Waals surface area contributed by atoms with E-state index in [9.17, 15) is 4.79 Å². The summed E-state index contributed by atoms with van der Waals surface area (Å²) in [5, 5.41) is 10.2. The van der Waals surface area contributed by atoms with E-state index in [1.165, 1.54) is 0 Å². The fraction of sp³-hybridized carbons (Fsp3) is 0.500. The maximum absolute atomic E-state index is 12.5. The highest BCUT2D eigenvalue weighted by atomic mass is 35.5. The first-order valence-electron chi connectivity index (χ1n) is 9.57. The van der Waals surface area contributed by atoms with Crippen LogP contribution in [0.25, 0.3) is 16.6 Å². The number of hydrogen-bond donors (Lipinski definition) is 0. The summed E-state index contributed by atoms with van der Waals surface area (Å²) in [6, 6.07) is 5.63. The van der Waals surface area contributed by atoms with Gasteiger partial charge in [-0.05, 0) is 30.5 Å². The number of aromatic nitrogens is 4. The molecule has 0 bridgehead atoms. The summed E-state index contributed by atoms with van der Waals surface area (Å²) in [6.07, 6.45) is 0.564. The quantitative estimate of drug-likeness (QED) is 0.660. The molecule has 3 aromatic rings. The molecule has 28 heavy (non-hydrogen) atoms. The van der Waals surface area contributed by atoms with E-state index < -0.39 is 0 Å². The molecule has 0 N–H and O–H groups in total. The molecule has 2 aromatic heterocycles. The first-order valence-corrected chi connectivity index (χ1v) is 9.94. The minimum absolute atomic E-state index is 0.000851. The molecule has 0 radical (unpaired) electrons. The highest BCUT2D eigenvalue weighted by Crippen LogP contribution is 2.27. The van der Waals surface area contributed by atoms with Gasteiger partial charge in [-0.3, -0.25) is 4.79 Å². The molecule has 148 valence electrons. The largest absolute Gasteiger partial charge is 0.339 e. The molecule has 0 aliphatic carbocycles. The Hall–Kier alpha value is -2.41. The Kier molecular flexibility index (Phi) is 4.65. The first kappa shape index (κ1) is 18.9. The van der Waals surface area contributed by atoms with Crippen molar-refractivity contribution in [1.29, 1.82) is 0 Å². The molecule has 0 saturated carbocycles. The molecule has 1 amide bonds. The van der Waals surface area contributed by atoms with Crippen LogP contribution in [0.5, 0.6) is 0 Å². The van der Waals surface area contributed by atoms with Crippen molar-refractivity contribution in [2.45, 2.75) is 34.1 Å². The zero-order valence-corrected chi connectivity index (χ0v) is 17.5. The van der Waals surface area contributed by atoms with Gasteiger partial charge in [0.2, 0.25) is 11.9 Å². The number of piperazine rings is 1. The third kappa shape index (κ3) is 3.51. The van der Waals surface area contributed by atoms with Crippen molar-refractivity contribution in [2.75, 3.05) is 31.1 Å². The fourth-order valence-electron chi connectivity index (χ4n) is 3.65. The molecule has 3 heterocycles. The van der Waals surface area contributed by atoms with Crippen LogP contribution < -0.4 is 4.90 Å². The number of anilines is 1. The van der Waals surface area contributed by atoms with Gasteiger partial charge >= 0.3 is 0 Å². The number of fused-ring (bicyclic) bond motifs is 3. The van der Waals surface area contributed by atoms with Crippen LogP contribution in [0.4, 0.5) is 5.95 Å². The smallest absolute Gasteiger partial charge is 0.223 e. The van der Waals surface area contributed by atoms with E-state index in [0.29, 0.717) is 24.5 Å². The molecule has 0 spiro atoms. The number of nitrogens with zero attached hydrogens (tertiary/aromatic N) is 6. The first-order chi connectivity index (χ1) is 13.2. The Morgan fingerprint density at radius 1 is 1.14 bits per heavy atom. The SMILES string of the molecule is Cc1nnc2c3ccc(Cl)cc3nc(N3CCN(C(=O)CC(C)(C)C)CC3)n12. The van der Waals surface area contributed by atoms with Crippen LogP contribution in [0.2, 0.25) is 5.02 Å². The number of carbonyl (C=O) groups excluding carboxylic acids is 1. The zero-order chi connectivity index (χ0) is 20.1. The van der Waals surface area contributed by atoms with Crippen LogP contribution in [-0.4, -0.2) is 56.6 Å². The standard InChI is InChI=1S/C20H25ClN6O/c1-13-23-24-18-15-6-5-14(21)11-16(15)22-19(27(13)18)26-9-7-25(8-10-26)17(28)12-20(2,3)4/h5-6,11H,7-10,12H2,1-4H3. The van der Waals surface area contributed by atoms with Gasteiger partial charge in [-0.2, -0.15) is 0 Å². The molecule has 0 atom stereocenters. The van der Waals surface area contributed by atoms with Crippen molar-refractivity contribution in [3.63, 3.8) is 0 Å². The van der Waals surface area contributed by atoms with E-state index in [1.54, 1.807) is 0 Å². The fourth-order valence-corrected chi connectivity index (χ4v) is 3.82. The summed E-state index contributed by atoms with van der Waals surface area (Å²) in [5.74, 6) is 1.81. The predicted octanol–water partition coefficient (Wildman–Crippen LogP) is 3.32. The molecule has 8 heteroatoms. The van der Waals surface area contributed by atoms with Gasteiger partial charge in [-0.1, -0.05) is 32.4 Å². The van der Waals surface area contributed by atoms with Crippen molar-refractivity contribution in [1.82, 2.24) is 24.5 Å². The van der Waals surface area contributed by atoms with Gasteiger partial charge in [0.05, 0.1) is 5.52 Å². The third-order valence-electron chi connectivity index (χ3n) is 5.04. The second-order valence-corrected chi connectivity index (χ2v) is 9.02. The van der Waals surface area contributed by atoms with Gasteiger partial charge in [-0.25, -0.2) is 9.38 Å². The summed E-state index contributed by atoms with van der Waals surface area (Å²) in [5.41, 5.74) is 1.58. The highest BCUT2D eigenvalue weighted by Gasteiger charge is 2.27. The van der Waals surface area contributed by atoms with Crippen molar-refractivity contribution in [2.24, 2.45) is 5.41 Å². The molecule has 4 rings (SSSR count). The lowest BCUT2D eigenvalue weighted by Crippen LogP contribution is -2.50. The summed E-state index contributed by atoms with van der Waals surface area (Å²) in [6.45, 7) is 11.0. The average molecular weight is 401 g/mol. The zero-order valence-electron chi connectivity index (χ0n) is 16.7. The second kappa shape index (κ2) is 6.88. The molecule has 1 aliphatic rings. The number of hydrogen-bond acceptors (Lipinski definition) is 5. The molecule has 1 aliphatic heterocycles. The number of aryl methyl sites for hydroxylation is 1. The molecule has 1 saturated heterocycles. The Labute approximate surface area is 169 Å². The highest BCUT2D eigenvalue weighted by molar-refractivity contribution is 6.31. The third-order valence-corrected chi connectivity index (χ3v) is 5.28. The van der Waals surface area contributed by atoms with Crippen LogP contribution in [0.3, 0.4) is 0 Å². The number of amides is 1. The van der Waals surface area contributed by atoms with Crippen LogP contribution >= 0.6 is 11.6 Å². The Morgan fingerprint density at radius 3 is 2.54 bits per heavy atom. The van der Waals surface area contributed by atoms with Crippen molar-refractivity contribution >= 4 is 40.0 Å². The van der Waals surface area contributed by atoms with E-state index in [-0.39, 0.29) is 11.3 Å². The molecule has 7 nitrogen and oxygen atoms in total. The summed E-state index contributed by atoms with van der Waals surface area (Å²) < 4.78 is 1.99. The van der Waals surface area contributed by atoms with E-state index in [1.807, 2.05) is 34.4 Å². The molecular formula is C20H25ClN6O. The van der Waals surface area contributed by atoms with Gasteiger partial charge in [-0.15, -0.1) is 10.2 Å². The monoisotopic (exact) mass is 400 g/mol. The lowest BCUT2D eigenvalue weighted by atomic mass is 9.91. The van der Waals surface area contributed by atoms with Gasteiger partial charge in [0, 0.05) is 43.0 Å². The number of carbonyl (C=O) groups is 1. The lowest BCUT2D eigenvalue weighted by Gasteiger charge is -2.36. The number of benzene rings is 1. The molecule has 1 aromatic carbocycles. The Morgan fingerprint density at radius 2 is 1.86 bits per heavy atom. The van der Waals surface area contributed by atoms with Crippen molar-refractivity contribution < 1.29 is 4.79 Å². The van der Waals surface area contributed by atoms with E-state index in [4.69, 9.17) is 16.6 Å². The average Bonchev–Trinajstić information content (AvgIpc) is 3.01. The summed E-state index contributed by atoms with van der Waals surface area (Å²) in [7, 11) is 0. The van der Waals surface area contributed by atoms with Crippen LogP contribution in [0.15, 0.2) is 18.2 Å². The van der Waals surface area contributed by atoms with Gasteiger partial charge in [0.15, 0.2) is 5.65 Å². The van der Waals surface area contributed by atoms with E-state index in [0.717, 1.165) is 41.4 Å². The summed E-state index contributed by atoms with van der Waals surface area (Å²) >= 11 is 6.18.